The Morgan fingerprint density at radius 1 is 1.08 bits per heavy atom. The van der Waals surface area contributed by atoms with E-state index in [4.69, 9.17) is 0 Å². The van der Waals surface area contributed by atoms with Crippen LogP contribution >= 0.6 is 0 Å². The lowest BCUT2D eigenvalue weighted by Crippen LogP contribution is -2.45. The van der Waals surface area contributed by atoms with Crippen molar-refractivity contribution in [1.29, 1.82) is 0 Å². The molecule has 0 radical (unpaired) electrons. The third-order valence-electron chi connectivity index (χ3n) is 9.13. The number of hydrogen-bond acceptors (Lipinski definition) is 4. The standard InChI is InChI=1S/C29H31F3N6O/c1-36-18-33-35-26(36)28(16-27(17-28)8-9-27)19-6-5-7-21(12-19)38-15-23(29(30,31)32)22-13-20(34-24(22)25(38)39)14-37-10-3-2-4-11-37/h5-7,12-13,15,18,34H,2-4,8-11,14,16-17H2,1H3. The van der Waals surface area contributed by atoms with Gasteiger partial charge in [0.1, 0.15) is 17.7 Å². The molecule has 39 heavy (non-hydrogen) atoms. The number of rotatable bonds is 5. The predicted octanol–water partition coefficient (Wildman–Crippen LogP) is 5.31. The lowest BCUT2D eigenvalue weighted by atomic mass is 9.56. The van der Waals surface area contributed by atoms with E-state index >= 15 is 0 Å². The molecule has 1 spiro atoms. The van der Waals surface area contributed by atoms with Gasteiger partial charge in [0, 0.05) is 36.6 Å². The summed E-state index contributed by atoms with van der Waals surface area (Å²) in [5.41, 5.74) is 0.647. The van der Waals surface area contributed by atoms with Crippen molar-refractivity contribution in [3.63, 3.8) is 0 Å². The number of piperidine rings is 1. The van der Waals surface area contributed by atoms with Gasteiger partial charge in [0.15, 0.2) is 0 Å². The minimum atomic E-state index is -4.61. The molecular formula is C29H31F3N6O. The van der Waals surface area contributed by atoms with Gasteiger partial charge < -0.3 is 9.55 Å². The van der Waals surface area contributed by atoms with Gasteiger partial charge in [0.05, 0.1) is 11.0 Å². The first kappa shape index (κ1) is 24.6. The van der Waals surface area contributed by atoms with Crippen molar-refractivity contribution in [2.24, 2.45) is 12.5 Å². The summed E-state index contributed by atoms with van der Waals surface area (Å²) in [6.45, 7) is 2.32. The Kier molecular flexibility index (Phi) is 5.40. The number of likely N-dealkylation sites (tertiary alicyclic amines) is 1. The summed E-state index contributed by atoms with van der Waals surface area (Å²) in [5.74, 6) is 0.850. The molecule has 7 nitrogen and oxygen atoms in total. The summed E-state index contributed by atoms with van der Waals surface area (Å²) < 4.78 is 46.0. The second-order valence-electron chi connectivity index (χ2n) is 11.9. The van der Waals surface area contributed by atoms with Crippen LogP contribution in [0.25, 0.3) is 16.6 Å². The summed E-state index contributed by atoms with van der Waals surface area (Å²) in [4.78, 5) is 19.0. The maximum absolute atomic E-state index is 14.3. The molecule has 204 valence electrons. The van der Waals surface area contributed by atoms with Gasteiger partial charge in [-0.25, -0.2) is 0 Å². The average Bonchev–Trinajstić information content (AvgIpc) is 3.38. The van der Waals surface area contributed by atoms with Crippen molar-refractivity contribution in [2.75, 3.05) is 13.1 Å². The van der Waals surface area contributed by atoms with Gasteiger partial charge in [-0.15, -0.1) is 10.2 Å². The first-order chi connectivity index (χ1) is 18.7. The second-order valence-corrected chi connectivity index (χ2v) is 11.9. The minimum Gasteiger partial charge on any atom is -0.353 e. The van der Waals surface area contributed by atoms with Crippen LogP contribution < -0.4 is 5.56 Å². The molecule has 1 N–H and O–H groups in total. The maximum atomic E-state index is 14.3. The normalized spacial score (nSPS) is 20.4. The van der Waals surface area contributed by atoms with Crippen LogP contribution in [0, 0.1) is 5.41 Å². The Balaban J connectivity index is 1.33. The van der Waals surface area contributed by atoms with Crippen molar-refractivity contribution in [1.82, 2.24) is 29.2 Å². The largest absolute Gasteiger partial charge is 0.418 e. The molecule has 7 rings (SSSR count). The third kappa shape index (κ3) is 4.02. The number of aromatic nitrogens is 5. The molecule has 0 unspecified atom stereocenters. The number of benzene rings is 1. The van der Waals surface area contributed by atoms with E-state index in [2.05, 4.69) is 20.1 Å². The third-order valence-corrected chi connectivity index (χ3v) is 9.13. The maximum Gasteiger partial charge on any atom is 0.418 e. The van der Waals surface area contributed by atoms with E-state index < -0.39 is 17.3 Å². The lowest BCUT2D eigenvalue weighted by Gasteiger charge is -2.48. The topological polar surface area (TPSA) is 71.7 Å². The van der Waals surface area contributed by atoms with E-state index in [0.29, 0.717) is 23.3 Å². The number of pyridine rings is 1. The number of nitrogens with zero attached hydrogens (tertiary/aromatic N) is 5. The number of halogens is 3. The first-order valence-corrected chi connectivity index (χ1v) is 13.7. The Morgan fingerprint density at radius 2 is 1.85 bits per heavy atom. The fraction of sp³-hybridized carbons (Fsp3) is 0.483. The Hall–Kier alpha value is -3.40. The van der Waals surface area contributed by atoms with Gasteiger partial charge in [0.2, 0.25) is 0 Å². The van der Waals surface area contributed by atoms with Crippen LogP contribution in [0.15, 0.2) is 47.7 Å². The van der Waals surface area contributed by atoms with Gasteiger partial charge in [-0.05, 0) is 80.8 Å². The number of H-pyrrole nitrogens is 1. The Labute approximate surface area is 223 Å². The predicted molar refractivity (Wildman–Crippen MR) is 141 cm³/mol. The van der Waals surface area contributed by atoms with Crippen LogP contribution in [0.1, 0.15) is 67.6 Å². The van der Waals surface area contributed by atoms with Crippen LogP contribution in [0.2, 0.25) is 0 Å². The summed E-state index contributed by atoms with van der Waals surface area (Å²) in [6, 6.07) is 8.87. The smallest absolute Gasteiger partial charge is 0.353 e. The molecule has 1 aliphatic heterocycles. The van der Waals surface area contributed by atoms with E-state index in [1.807, 2.05) is 29.8 Å². The molecule has 3 aromatic heterocycles. The number of hydrogen-bond donors (Lipinski definition) is 1. The highest BCUT2D eigenvalue weighted by Crippen LogP contribution is 2.70. The zero-order valence-corrected chi connectivity index (χ0v) is 21.9. The van der Waals surface area contributed by atoms with Gasteiger partial charge in [-0.2, -0.15) is 13.2 Å². The SMILES string of the molecule is Cn1cnnc1C1(c2cccc(-n3cc(C(F)(F)F)c4cc(CN5CCCCC5)[nH]c4c3=O)c2)CC2(CC2)C1. The number of nitrogens with one attached hydrogen (secondary N) is 1. The number of aryl methyl sites for hydroxylation is 1. The molecule has 1 aromatic carbocycles. The summed E-state index contributed by atoms with van der Waals surface area (Å²) in [7, 11) is 1.92. The van der Waals surface area contributed by atoms with Crippen LogP contribution in [0.5, 0.6) is 0 Å². The van der Waals surface area contributed by atoms with Crippen LogP contribution in [0.3, 0.4) is 0 Å². The van der Waals surface area contributed by atoms with E-state index in [-0.39, 0.29) is 16.3 Å². The number of aromatic amines is 1. The summed E-state index contributed by atoms with van der Waals surface area (Å²) in [5, 5.41) is 8.45. The zero-order valence-electron chi connectivity index (χ0n) is 21.9. The highest BCUT2D eigenvalue weighted by atomic mass is 19.4. The van der Waals surface area contributed by atoms with E-state index in [1.165, 1.54) is 25.3 Å². The Bertz CT molecular complexity index is 1610. The van der Waals surface area contributed by atoms with Crippen LogP contribution in [-0.4, -0.2) is 42.3 Å². The van der Waals surface area contributed by atoms with Crippen molar-refractivity contribution in [3.05, 3.63) is 75.9 Å². The molecule has 1 saturated heterocycles. The average molecular weight is 537 g/mol. The molecule has 4 heterocycles. The monoisotopic (exact) mass is 536 g/mol. The quantitative estimate of drug-likeness (QED) is 0.375. The summed E-state index contributed by atoms with van der Waals surface area (Å²) in [6.07, 6.45) is 5.57. The van der Waals surface area contributed by atoms with Gasteiger partial charge in [0.25, 0.3) is 5.56 Å². The van der Waals surface area contributed by atoms with Crippen LogP contribution in [-0.2, 0) is 25.2 Å². The molecule has 0 bridgehead atoms. The van der Waals surface area contributed by atoms with Gasteiger partial charge >= 0.3 is 6.18 Å². The van der Waals surface area contributed by atoms with Crippen molar-refractivity contribution < 1.29 is 13.2 Å². The fourth-order valence-electron chi connectivity index (χ4n) is 7.05. The van der Waals surface area contributed by atoms with Crippen molar-refractivity contribution in [2.45, 2.75) is 63.1 Å². The highest BCUT2D eigenvalue weighted by Gasteiger charge is 2.63. The second kappa shape index (κ2) is 8.55. The zero-order chi connectivity index (χ0) is 27.0. The van der Waals surface area contributed by atoms with Crippen LogP contribution in [0.4, 0.5) is 13.2 Å². The fourth-order valence-corrected chi connectivity index (χ4v) is 7.05. The van der Waals surface area contributed by atoms with E-state index in [9.17, 15) is 18.0 Å². The van der Waals surface area contributed by atoms with Crippen molar-refractivity contribution >= 4 is 10.9 Å². The minimum absolute atomic E-state index is 0.00849. The van der Waals surface area contributed by atoms with E-state index in [1.54, 1.807) is 12.4 Å². The molecule has 2 aliphatic carbocycles. The van der Waals surface area contributed by atoms with Crippen molar-refractivity contribution in [3.8, 4) is 5.69 Å². The Morgan fingerprint density at radius 3 is 2.51 bits per heavy atom. The van der Waals surface area contributed by atoms with Gasteiger partial charge in [-0.3, -0.25) is 14.3 Å². The molecule has 10 heteroatoms. The highest BCUT2D eigenvalue weighted by molar-refractivity contribution is 5.84. The molecule has 4 aromatic rings. The lowest BCUT2D eigenvalue weighted by molar-refractivity contribution is -0.136. The van der Waals surface area contributed by atoms with E-state index in [0.717, 1.165) is 60.9 Å². The first-order valence-electron chi connectivity index (χ1n) is 13.7. The molecule has 3 fully saturated rings. The molecule has 0 atom stereocenters. The summed E-state index contributed by atoms with van der Waals surface area (Å²) >= 11 is 0. The van der Waals surface area contributed by atoms with Gasteiger partial charge in [-0.1, -0.05) is 18.6 Å². The molecular weight excluding hydrogens is 505 g/mol. The molecule has 0 amide bonds. The molecule has 3 aliphatic rings. The number of fused-ring (bicyclic) bond motifs is 1. The molecule has 2 saturated carbocycles. The number of alkyl halides is 3.